The number of hydrogen-bond acceptors (Lipinski definition) is 4. The minimum Gasteiger partial charge on any atom is -0.497 e. The van der Waals surface area contributed by atoms with Crippen LogP contribution in [0.3, 0.4) is 0 Å². The van der Waals surface area contributed by atoms with Crippen molar-refractivity contribution >= 4 is 16.8 Å². The van der Waals surface area contributed by atoms with Crippen LogP contribution in [0.5, 0.6) is 11.5 Å². The van der Waals surface area contributed by atoms with Crippen LogP contribution in [0.1, 0.15) is 48.3 Å². The Bertz CT molecular complexity index is 1400. The average molecular weight is 544 g/mol. The molecule has 2 heterocycles. The minimum atomic E-state index is -0.250. The van der Waals surface area contributed by atoms with Crippen LogP contribution in [0.4, 0.5) is 4.39 Å². The fourth-order valence-corrected chi connectivity index (χ4v) is 5.70. The fourth-order valence-electron chi connectivity index (χ4n) is 5.70. The first-order valence-electron chi connectivity index (χ1n) is 14.1. The number of methoxy groups -OCH3 is 2. The van der Waals surface area contributed by atoms with Crippen molar-refractivity contribution in [1.82, 2.24) is 14.8 Å². The van der Waals surface area contributed by atoms with E-state index in [9.17, 15) is 9.18 Å². The monoisotopic (exact) mass is 543 g/mol. The standard InChI is InChI=1S/C33H38FN3O3/c1-39-27-18-25(19-28(20-27)40-2)30(21-33(38)35-14-17-36-15-6-3-7-16-36)31-23-37(32-9-5-4-8-29(31)32)22-24-10-12-26(34)13-11-24/h4-5,8-13,18-20,23,30H,3,6-7,14-17,21-22H2,1-2H3,(H,35,38)/t30-/m0/s1. The molecule has 7 heteroatoms. The topological polar surface area (TPSA) is 55.7 Å². The molecule has 1 N–H and O–H groups in total. The van der Waals surface area contributed by atoms with Crippen molar-refractivity contribution in [2.45, 2.75) is 38.1 Å². The number of hydrogen-bond donors (Lipinski definition) is 1. The van der Waals surface area contributed by atoms with Crippen molar-refractivity contribution < 1.29 is 18.7 Å². The number of nitrogens with one attached hydrogen (secondary N) is 1. The lowest BCUT2D eigenvalue weighted by Crippen LogP contribution is -2.38. The van der Waals surface area contributed by atoms with Gasteiger partial charge in [-0.15, -0.1) is 0 Å². The molecule has 0 aliphatic carbocycles. The Morgan fingerprint density at radius 2 is 1.65 bits per heavy atom. The van der Waals surface area contributed by atoms with Gasteiger partial charge in [-0.2, -0.15) is 0 Å². The number of carbonyl (C=O) groups is 1. The van der Waals surface area contributed by atoms with Crippen LogP contribution < -0.4 is 14.8 Å². The minimum absolute atomic E-state index is 0.0131. The molecule has 0 spiro atoms. The molecule has 0 bridgehead atoms. The molecule has 5 rings (SSSR count). The van der Waals surface area contributed by atoms with Gasteiger partial charge in [-0.3, -0.25) is 4.79 Å². The predicted octanol–water partition coefficient (Wildman–Crippen LogP) is 5.97. The Morgan fingerprint density at radius 1 is 0.950 bits per heavy atom. The van der Waals surface area contributed by atoms with Crippen molar-refractivity contribution in [1.29, 1.82) is 0 Å². The summed E-state index contributed by atoms with van der Waals surface area (Å²) >= 11 is 0. The molecule has 0 unspecified atom stereocenters. The first-order valence-corrected chi connectivity index (χ1v) is 14.1. The van der Waals surface area contributed by atoms with Gasteiger partial charge in [-0.25, -0.2) is 4.39 Å². The van der Waals surface area contributed by atoms with Crippen LogP contribution in [0.2, 0.25) is 0 Å². The molecule has 6 nitrogen and oxygen atoms in total. The zero-order valence-electron chi connectivity index (χ0n) is 23.4. The third-order valence-corrected chi connectivity index (χ3v) is 7.83. The Morgan fingerprint density at radius 3 is 2.35 bits per heavy atom. The van der Waals surface area contributed by atoms with E-state index in [0.29, 0.717) is 31.0 Å². The Hall–Kier alpha value is -3.84. The van der Waals surface area contributed by atoms with Gasteiger partial charge in [0.25, 0.3) is 0 Å². The van der Waals surface area contributed by atoms with Crippen LogP contribution in [0.25, 0.3) is 10.9 Å². The highest BCUT2D eigenvalue weighted by atomic mass is 19.1. The Kier molecular flexibility index (Phi) is 9.01. The molecule has 0 radical (unpaired) electrons. The van der Waals surface area contributed by atoms with Gasteiger partial charge in [0.2, 0.25) is 5.91 Å². The van der Waals surface area contributed by atoms with E-state index in [4.69, 9.17) is 9.47 Å². The molecule has 1 aromatic heterocycles. The summed E-state index contributed by atoms with van der Waals surface area (Å²) in [4.78, 5) is 15.8. The third-order valence-electron chi connectivity index (χ3n) is 7.83. The van der Waals surface area contributed by atoms with E-state index in [2.05, 4.69) is 33.1 Å². The number of amides is 1. The molecule has 4 aromatic rings. The summed E-state index contributed by atoms with van der Waals surface area (Å²) < 4.78 is 26.9. The zero-order valence-corrected chi connectivity index (χ0v) is 23.4. The van der Waals surface area contributed by atoms with Gasteiger partial charge in [0.15, 0.2) is 0 Å². The number of nitrogens with zero attached hydrogens (tertiary/aromatic N) is 2. The molecule has 1 aliphatic rings. The van der Waals surface area contributed by atoms with Gasteiger partial charge in [0.1, 0.15) is 17.3 Å². The molecular formula is C33H38FN3O3. The van der Waals surface area contributed by atoms with E-state index in [-0.39, 0.29) is 17.6 Å². The second-order valence-corrected chi connectivity index (χ2v) is 10.5. The Labute approximate surface area is 235 Å². The van der Waals surface area contributed by atoms with Crippen LogP contribution >= 0.6 is 0 Å². The molecule has 40 heavy (non-hydrogen) atoms. The first-order chi connectivity index (χ1) is 19.5. The number of para-hydroxylation sites is 1. The highest BCUT2D eigenvalue weighted by molar-refractivity contribution is 5.87. The summed E-state index contributed by atoms with van der Waals surface area (Å²) in [5.74, 6) is 0.900. The molecule has 1 fully saturated rings. The lowest BCUT2D eigenvalue weighted by Gasteiger charge is -2.26. The average Bonchev–Trinajstić information content (AvgIpc) is 3.35. The molecule has 210 valence electrons. The van der Waals surface area contributed by atoms with E-state index in [1.165, 1.54) is 31.4 Å². The number of likely N-dealkylation sites (tertiary alicyclic amines) is 1. The molecule has 1 amide bonds. The van der Waals surface area contributed by atoms with E-state index in [1.807, 2.05) is 42.5 Å². The van der Waals surface area contributed by atoms with Crippen molar-refractivity contribution in [3.63, 3.8) is 0 Å². The van der Waals surface area contributed by atoms with Crippen molar-refractivity contribution in [2.75, 3.05) is 40.4 Å². The van der Waals surface area contributed by atoms with Crippen LogP contribution in [0, 0.1) is 5.82 Å². The third kappa shape index (κ3) is 6.65. The molecule has 1 atom stereocenters. The maximum Gasteiger partial charge on any atom is 0.220 e. The summed E-state index contributed by atoms with van der Waals surface area (Å²) in [7, 11) is 3.27. The SMILES string of the molecule is COc1cc(OC)cc([C@H](CC(=O)NCCN2CCCCC2)c2cn(Cc3ccc(F)cc3)c3ccccc23)c1. The first kappa shape index (κ1) is 27.7. The number of halogens is 1. The second-order valence-electron chi connectivity index (χ2n) is 10.5. The summed E-state index contributed by atoms with van der Waals surface area (Å²) in [5, 5.41) is 4.25. The normalized spacial score (nSPS) is 14.7. The summed E-state index contributed by atoms with van der Waals surface area (Å²) in [5.41, 5.74) is 4.07. The quantitative estimate of drug-likeness (QED) is 0.253. The van der Waals surface area contributed by atoms with Crippen molar-refractivity contribution in [3.8, 4) is 11.5 Å². The summed E-state index contributed by atoms with van der Waals surface area (Å²) in [6, 6.07) is 20.6. The van der Waals surface area contributed by atoms with E-state index in [1.54, 1.807) is 14.2 Å². The van der Waals surface area contributed by atoms with Crippen molar-refractivity contribution in [3.05, 3.63) is 95.4 Å². The Balaban J connectivity index is 1.47. The fraction of sp³-hybridized carbons (Fsp3) is 0.364. The van der Waals surface area contributed by atoms with E-state index in [0.717, 1.165) is 47.2 Å². The highest BCUT2D eigenvalue weighted by Gasteiger charge is 2.24. The van der Waals surface area contributed by atoms with Gasteiger partial charge >= 0.3 is 0 Å². The summed E-state index contributed by atoms with van der Waals surface area (Å²) in [6.45, 7) is 4.32. The molecular weight excluding hydrogens is 505 g/mol. The van der Waals surface area contributed by atoms with Gasteiger partial charge < -0.3 is 24.3 Å². The lowest BCUT2D eigenvalue weighted by molar-refractivity contribution is -0.121. The summed E-state index contributed by atoms with van der Waals surface area (Å²) in [6.07, 6.45) is 6.18. The largest absolute Gasteiger partial charge is 0.497 e. The lowest BCUT2D eigenvalue weighted by atomic mass is 9.87. The van der Waals surface area contributed by atoms with Gasteiger partial charge in [0.05, 0.1) is 14.2 Å². The second kappa shape index (κ2) is 13.0. The highest BCUT2D eigenvalue weighted by Crippen LogP contribution is 2.38. The van der Waals surface area contributed by atoms with Crippen molar-refractivity contribution in [2.24, 2.45) is 0 Å². The van der Waals surface area contributed by atoms with Crippen LogP contribution in [-0.2, 0) is 11.3 Å². The number of ether oxygens (including phenoxy) is 2. The van der Waals surface area contributed by atoms with Crippen LogP contribution in [-0.4, -0.2) is 55.8 Å². The molecule has 1 saturated heterocycles. The van der Waals surface area contributed by atoms with E-state index < -0.39 is 0 Å². The maximum absolute atomic E-state index is 13.5. The molecule has 1 aliphatic heterocycles. The smallest absolute Gasteiger partial charge is 0.220 e. The molecule has 3 aromatic carbocycles. The van der Waals surface area contributed by atoms with Crippen LogP contribution in [0.15, 0.2) is 72.9 Å². The number of carbonyl (C=O) groups excluding carboxylic acids is 1. The zero-order chi connectivity index (χ0) is 27.9. The van der Waals surface area contributed by atoms with E-state index >= 15 is 0 Å². The molecule has 0 saturated carbocycles. The number of aromatic nitrogens is 1. The maximum atomic E-state index is 13.5. The number of rotatable bonds is 11. The predicted molar refractivity (Wildman–Crippen MR) is 157 cm³/mol. The van der Waals surface area contributed by atoms with Gasteiger partial charge in [0, 0.05) is 55.1 Å². The number of benzene rings is 3. The number of fused-ring (bicyclic) bond motifs is 1. The number of piperidine rings is 1. The van der Waals surface area contributed by atoms with Gasteiger partial charge in [-0.1, -0.05) is 36.8 Å². The van der Waals surface area contributed by atoms with Gasteiger partial charge in [-0.05, 0) is 73.0 Å².